The van der Waals surface area contributed by atoms with Gasteiger partial charge in [-0.15, -0.1) is 0 Å². The molecule has 0 aliphatic carbocycles. The minimum atomic E-state index is -1.03. The second-order valence-corrected chi connectivity index (χ2v) is 6.38. The SMILES string of the molecule is Cc1ccc(N=Cc2ccc(OCc3ccccc3)c(C(=O)O)c2)c(C)c1. The van der Waals surface area contributed by atoms with E-state index >= 15 is 0 Å². The number of carboxylic acid groups (broad SMARTS) is 1. The van der Waals surface area contributed by atoms with Gasteiger partial charge < -0.3 is 9.84 Å². The Morgan fingerprint density at radius 1 is 1.04 bits per heavy atom. The van der Waals surface area contributed by atoms with Gasteiger partial charge in [-0.25, -0.2) is 4.79 Å². The van der Waals surface area contributed by atoms with E-state index in [-0.39, 0.29) is 5.56 Å². The molecule has 136 valence electrons. The van der Waals surface area contributed by atoms with E-state index < -0.39 is 5.97 Å². The van der Waals surface area contributed by atoms with E-state index in [2.05, 4.69) is 11.1 Å². The first-order chi connectivity index (χ1) is 13.0. The summed E-state index contributed by atoms with van der Waals surface area (Å²) in [5.74, 6) is -0.685. The zero-order valence-electron chi connectivity index (χ0n) is 15.3. The van der Waals surface area contributed by atoms with E-state index in [9.17, 15) is 9.90 Å². The summed E-state index contributed by atoms with van der Waals surface area (Å²) >= 11 is 0. The molecule has 3 rings (SSSR count). The van der Waals surface area contributed by atoms with Gasteiger partial charge in [-0.2, -0.15) is 0 Å². The van der Waals surface area contributed by atoms with E-state index in [4.69, 9.17) is 4.74 Å². The lowest BCUT2D eigenvalue weighted by molar-refractivity contribution is 0.0691. The molecule has 3 aromatic carbocycles. The fourth-order valence-corrected chi connectivity index (χ4v) is 2.75. The van der Waals surface area contributed by atoms with Crippen molar-refractivity contribution in [3.8, 4) is 5.75 Å². The Bertz CT molecular complexity index is 978. The Labute approximate surface area is 158 Å². The van der Waals surface area contributed by atoms with Gasteiger partial charge in [-0.3, -0.25) is 4.99 Å². The van der Waals surface area contributed by atoms with Crippen molar-refractivity contribution in [3.63, 3.8) is 0 Å². The van der Waals surface area contributed by atoms with Crippen molar-refractivity contribution >= 4 is 17.9 Å². The van der Waals surface area contributed by atoms with Gasteiger partial charge in [0.05, 0.1) is 5.69 Å². The molecule has 0 radical (unpaired) electrons. The highest BCUT2D eigenvalue weighted by molar-refractivity contribution is 5.94. The number of ether oxygens (including phenoxy) is 1. The van der Waals surface area contributed by atoms with Crippen LogP contribution in [-0.4, -0.2) is 17.3 Å². The summed E-state index contributed by atoms with van der Waals surface area (Å²) in [4.78, 5) is 16.1. The highest BCUT2D eigenvalue weighted by atomic mass is 16.5. The molecule has 0 saturated carbocycles. The maximum Gasteiger partial charge on any atom is 0.339 e. The Balaban J connectivity index is 1.80. The predicted octanol–water partition coefficient (Wildman–Crippen LogP) is 5.33. The Hall–Kier alpha value is -3.40. The van der Waals surface area contributed by atoms with Crippen molar-refractivity contribution in [2.45, 2.75) is 20.5 Å². The molecule has 0 aliphatic heterocycles. The minimum absolute atomic E-state index is 0.121. The third kappa shape index (κ3) is 4.82. The Kier molecular flexibility index (Phi) is 5.67. The summed E-state index contributed by atoms with van der Waals surface area (Å²) in [6.45, 7) is 4.35. The lowest BCUT2D eigenvalue weighted by Crippen LogP contribution is -2.04. The smallest absolute Gasteiger partial charge is 0.339 e. The molecule has 0 heterocycles. The predicted molar refractivity (Wildman–Crippen MR) is 107 cm³/mol. The minimum Gasteiger partial charge on any atom is -0.488 e. The molecule has 0 aliphatic rings. The molecule has 0 atom stereocenters. The largest absolute Gasteiger partial charge is 0.488 e. The Morgan fingerprint density at radius 3 is 2.52 bits per heavy atom. The van der Waals surface area contributed by atoms with E-state index in [1.165, 1.54) is 5.56 Å². The third-order valence-corrected chi connectivity index (χ3v) is 4.18. The van der Waals surface area contributed by atoms with E-state index in [0.29, 0.717) is 17.9 Å². The number of rotatable bonds is 6. The molecular weight excluding hydrogens is 338 g/mol. The van der Waals surface area contributed by atoms with Gasteiger partial charge in [0.25, 0.3) is 0 Å². The lowest BCUT2D eigenvalue weighted by atomic mass is 10.1. The van der Waals surface area contributed by atoms with Gasteiger partial charge in [0.15, 0.2) is 0 Å². The summed E-state index contributed by atoms with van der Waals surface area (Å²) in [6, 6.07) is 20.7. The molecule has 0 unspecified atom stereocenters. The average Bonchev–Trinajstić information content (AvgIpc) is 2.66. The molecule has 4 nitrogen and oxygen atoms in total. The fraction of sp³-hybridized carbons (Fsp3) is 0.130. The highest BCUT2D eigenvalue weighted by Gasteiger charge is 2.12. The number of aromatic carboxylic acids is 1. The molecule has 0 bridgehead atoms. The molecule has 0 amide bonds. The van der Waals surface area contributed by atoms with Crippen LogP contribution in [0, 0.1) is 13.8 Å². The number of aryl methyl sites for hydroxylation is 2. The molecule has 27 heavy (non-hydrogen) atoms. The van der Waals surface area contributed by atoms with Crippen LogP contribution in [0.25, 0.3) is 0 Å². The number of hydrogen-bond acceptors (Lipinski definition) is 3. The zero-order valence-corrected chi connectivity index (χ0v) is 15.3. The lowest BCUT2D eigenvalue weighted by Gasteiger charge is -2.10. The molecule has 3 aromatic rings. The van der Waals surface area contributed by atoms with Crippen molar-refractivity contribution < 1.29 is 14.6 Å². The second-order valence-electron chi connectivity index (χ2n) is 6.38. The Morgan fingerprint density at radius 2 is 1.81 bits per heavy atom. The summed E-state index contributed by atoms with van der Waals surface area (Å²) in [5.41, 5.74) is 4.93. The van der Waals surface area contributed by atoms with Crippen LogP contribution in [-0.2, 0) is 6.61 Å². The summed E-state index contributed by atoms with van der Waals surface area (Å²) in [7, 11) is 0. The van der Waals surface area contributed by atoms with E-state index in [1.54, 1.807) is 24.4 Å². The number of aliphatic imine (C=N–C) groups is 1. The molecule has 1 N–H and O–H groups in total. The molecule has 0 fully saturated rings. The number of benzene rings is 3. The standard InChI is InChI=1S/C23H21NO3/c1-16-8-10-21(17(2)12-16)24-14-19-9-11-22(20(13-19)23(25)26)27-15-18-6-4-3-5-7-18/h3-14H,15H2,1-2H3,(H,25,26). The van der Waals surface area contributed by atoms with E-state index in [0.717, 1.165) is 16.8 Å². The summed E-state index contributed by atoms with van der Waals surface area (Å²) in [5, 5.41) is 9.52. The van der Waals surface area contributed by atoms with Crippen LogP contribution >= 0.6 is 0 Å². The van der Waals surface area contributed by atoms with Crippen LogP contribution in [0.1, 0.15) is 32.6 Å². The summed E-state index contributed by atoms with van der Waals surface area (Å²) < 4.78 is 5.71. The first-order valence-electron chi connectivity index (χ1n) is 8.68. The number of carbonyl (C=O) groups is 1. The van der Waals surface area contributed by atoms with Crippen molar-refractivity contribution in [2.75, 3.05) is 0 Å². The van der Waals surface area contributed by atoms with Crippen LogP contribution in [0.2, 0.25) is 0 Å². The van der Waals surface area contributed by atoms with E-state index in [1.807, 2.05) is 56.3 Å². The molecular formula is C23H21NO3. The monoisotopic (exact) mass is 359 g/mol. The van der Waals surface area contributed by atoms with Gasteiger partial charge in [0.2, 0.25) is 0 Å². The quantitative estimate of drug-likeness (QED) is 0.605. The van der Waals surface area contributed by atoms with Crippen LogP contribution in [0.3, 0.4) is 0 Å². The fourth-order valence-electron chi connectivity index (χ4n) is 2.75. The van der Waals surface area contributed by atoms with Crippen LogP contribution in [0.4, 0.5) is 5.69 Å². The maximum absolute atomic E-state index is 11.6. The van der Waals surface area contributed by atoms with Gasteiger partial charge in [-0.05, 0) is 54.8 Å². The number of carboxylic acids is 1. The zero-order chi connectivity index (χ0) is 19.2. The number of hydrogen-bond donors (Lipinski definition) is 1. The first-order valence-corrected chi connectivity index (χ1v) is 8.68. The maximum atomic E-state index is 11.6. The molecule has 0 aromatic heterocycles. The molecule has 0 spiro atoms. The normalized spacial score (nSPS) is 10.9. The topological polar surface area (TPSA) is 58.9 Å². The molecule has 4 heteroatoms. The third-order valence-electron chi connectivity index (χ3n) is 4.18. The van der Waals surface area contributed by atoms with Crippen LogP contribution in [0.15, 0.2) is 71.7 Å². The number of nitrogens with zero attached hydrogens (tertiary/aromatic N) is 1. The van der Waals surface area contributed by atoms with Gasteiger partial charge in [0, 0.05) is 6.21 Å². The molecule has 0 saturated heterocycles. The van der Waals surface area contributed by atoms with Gasteiger partial charge in [0.1, 0.15) is 17.9 Å². The van der Waals surface area contributed by atoms with Crippen molar-refractivity contribution in [1.29, 1.82) is 0 Å². The average molecular weight is 359 g/mol. The van der Waals surface area contributed by atoms with Gasteiger partial charge >= 0.3 is 5.97 Å². The highest BCUT2D eigenvalue weighted by Crippen LogP contribution is 2.23. The summed E-state index contributed by atoms with van der Waals surface area (Å²) in [6.07, 6.45) is 1.67. The van der Waals surface area contributed by atoms with Crippen molar-refractivity contribution in [2.24, 2.45) is 4.99 Å². The van der Waals surface area contributed by atoms with Crippen LogP contribution in [0.5, 0.6) is 5.75 Å². The van der Waals surface area contributed by atoms with Crippen molar-refractivity contribution in [1.82, 2.24) is 0 Å². The van der Waals surface area contributed by atoms with Gasteiger partial charge in [-0.1, -0.05) is 48.0 Å². The van der Waals surface area contributed by atoms with Crippen molar-refractivity contribution in [3.05, 3.63) is 94.5 Å². The van der Waals surface area contributed by atoms with Crippen LogP contribution < -0.4 is 4.74 Å². The second kappa shape index (κ2) is 8.32. The first kappa shape index (κ1) is 18.4.